The molecule has 0 radical (unpaired) electrons. The van der Waals surface area contributed by atoms with Gasteiger partial charge in [0.2, 0.25) is 0 Å². The van der Waals surface area contributed by atoms with Crippen molar-refractivity contribution in [1.29, 1.82) is 0 Å². The molecular formula is C18H19N3O2S2. The van der Waals surface area contributed by atoms with Gasteiger partial charge >= 0.3 is 0 Å². The zero-order valence-electron chi connectivity index (χ0n) is 13.9. The molecule has 25 heavy (non-hydrogen) atoms. The van der Waals surface area contributed by atoms with Crippen LogP contribution >= 0.6 is 23.6 Å². The standard InChI is InChI=1S/C18H19N3O2S2/c1-13-17(22)21(16-3-2-12-25-16)18(24)20(13)15-6-4-14(5-7-15)19-8-10-23-11-9-19/h2-7,12-13H,8-11H2,1H3. The van der Waals surface area contributed by atoms with Crippen molar-refractivity contribution in [3.63, 3.8) is 0 Å². The molecule has 1 aromatic heterocycles. The van der Waals surface area contributed by atoms with Gasteiger partial charge in [-0.25, -0.2) is 4.90 Å². The summed E-state index contributed by atoms with van der Waals surface area (Å²) in [5.74, 6) is 0.0182. The molecule has 1 atom stereocenters. The SMILES string of the molecule is CC1C(=O)N(c2cccs2)C(=S)N1c1ccc(N2CCOCC2)cc1. The van der Waals surface area contributed by atoms with E-state index in [2.05, 4.69) is 17.0 Å². The summed E-state index contributed by atoms with van der Waals surface area (Å²) < 4.78 is 5.40. The molecule has 2 aliphatic heterocycles. The van der Waals surface area contributed by atoms with Crippen LogP contribution in [0.4, 0.5) is 16.4 Å². The van der Waals surface area contributed by atoms with Crippen LogP contribution in [0.1, 0.15) is 6.92 Å². The Hall–Kier alpha value is -1.96. The van der Waals surface area contributed by atoms with Gasteiger partial charge in [-0.15, -0.1) is 11.3 Å². The van der Waals surface area contributed by atoms with Gasteiger partial charge in [0.1, 0.15) is 11.0 Å². The molecule has 7 heteroatoms. The third-order valence-electron chi connectivity index (χ3n) is 4.59. The van der Waals surface area contributed by atoms with Gasteiger partial charge < -0.3 is 14.5 Å². The highest BCUT2D eigenvalue weighted by molar-refractivity contribution is 7.81. The molecule has 1 aromatic carbocycles. The van der Waals surface area contributed by atoms with Crippen LogP contribution in [0.3, 0.4) is 0 Å². The van der Waals surface area contributed by atoms with Gasteiger partial charge in [-0.05, 0) is 60.9 Å². The van der Waals surface area contributed by atoms with Crippen LogP contribution in [0.25, 0.3) is 0 Å². The minimum atomic E-state index is -0.302. The number of benzene rings is 1. The number of amides is 1. The van der Waals surface area contributed by atoms with E-state index < -0.39 is 0 Å². The molecule has 2 fully saturated rings. The highest BCUT2D eigenvalue weighted by Crippen LogP contribution is 2.33. The summed E-state index contributed by atoms with van der Waals surface area (Å²) in [6.45, 7) is 5.24. The van der Waals surface area contributed by atoms with Crippen molar-refractivity contribution >= 4 is 51.0 Å². The summed E-state index contributed by atoms with van der Waals surface area (Å²) >= 11 is 7.14. The van der Waals surface area contributed by atoms with Gasteiger partial charge in [0, 0.05) is 24.5 Å². The number of morpholine rings is 1. The molecule has 2 saturated heterocycles. The molecule has 5 nitrogen and oxygen atoms in total. The zero-order chi connectivity index (χ0) is 17.4. The van der Waals surface area contributed by atoms with E-state index in [0.717, 1.165) is 37.0 Å². The molecule has 4 rings (SSSR count). The first kappa shape index (κ1) is 16.5. The summed E-state index contributed by atoms with van der Waals surface area (Å²) in [6, 6.07) is 11.8. The van der Waals surface area contributed by atoms with Crippen molar-refractivity contribution in [2.45, 2.75) is 13.0 Å². The van der Waals surface area contributed by atoms with Gasteiger partial charge in [-0.2, -0.15) is 0 Å². The van der Waals surface area contributed by atoms with E-state index in [4.69, 9.17) is 17.0 Å². The maximum absolute atomic E-state index is 12.7. The van der Waals surface area contributed by atoms with Crippen LogP contribution in [0.5, 0.6) is 0 Å². The Morgan fingerprint density at radius 3 is 2.44 bits per heavy atom. The van der Waals surface area contributed by atoms with Gasteiger partial charge in [0.05, 0.1) is 13.2 Å². The number of hydrogen-bond acceptors (Lipinski definition) is 5. The first-order chi connectivity index (χ1) is 12.2. The lowest BCUT2D eigenvalue weighted by Gasteiger charge is -2.29. The van der Waals surface area contributed by atoms with E-state index in [-0.39, 0.29) is 11.9 Å². The zero-order valence-corrected chi connectivity index (χ0v) is 15.6. The molecule has 2 aliphatic rings. The summed E-state index contributed by atoms with van der Waals surface area (Å²) in [4.78, 5) is 18.6. The molecule has 2 aromatic rings. The predicted octanol–water partition coefficient (Wildman–Crippen LogP) is 3.11. The second-order valence-corrected chi connectivity index (χ2v) is 7.36. The maximum Gasteiger partial charge on any atom is 0.256 e. The number of thiocarbonyl (C=S) groups is 1. The molecule has 0 spiro atoms. The van der Waals surface area contributed by atoms with E-state index in [9.17, 15) is 4.79 Å². The average Bonchev–Trinajstić information content (AvgIpc) is 3.24. The number of anilines is 3. The summed E-state index contributed by atoms with van der Waals surface area (Å²) in [6.07, 6.45) is 0. The molecule has 0 bridgehead atoms. The minimum Gasteiger partial charge on any atom is -0.378 e. The summed E-state index contributed by atoms with van der Waals surface area (Å²) in [7, 11) is 0. The fourth-order valence-corrected chi connectivity index (χ4v) is 4.49. The Bertz CT molecular complexity index is 770. The lowest BCUT2D eigenvalue weighted by molar-refractivity contribution is -0.117. The molecule has 0 N–H and O–H groups in total. The third kappa shape index (κ3) is 2.92. The molecule has 130 valence electrons. The van der Waals surface area contributed by atoms with Crippen molar-refractivity contribution in [3.8, 4) is 0 Å². The Kier molecular flexibility index (Phi) is 4.45. The smallest absolute Gasteiger partial charge is 0.256 e. The van der Waals surface area contributed by atoms with Gasteiger partial charge in [-0.3, -0.25) is 4.79 Å². The summed E-state index contributed by atoms with van der Waals surface area (Å²) in [5.41, 5.74) is 2.12. The molecule has 1 amide bonds. The number of ether oxygens (including phenoxy) is 1. The predicted molar refractivity (Wildman–Crippen MR) is 106 cm³/mol. The van der Waals surface area contributed by atoms with Crippen LogP contribution in [0.2, 0.25) is 0 Å². The first-order valence-electron chi connectivity index (χ1n) is 8.30. The fraction of sp³-hybridized carbons (Fsp3) is 0.333. The van der Waals surface area contributed by atoms with Gasteiger partial charge in [0.25, 0.3) is 5.91 Å². The Morgan fingerprint density at radius 2 is 1.80 bits per heavy atom. The second-order valence-electron chi connectivity index (χ2n) is 6.07. The number of carbonyl (C=O) groups is 1. The minimum absolute atomic E-state index is 0.0182. The normalized spacial score (nSPS) is 21.3. The molecule has 0 aliphatic carbocycles. The lowest BCUT2D eigenvalue weighted by atomic mass is 10.2. The van der Waals surface area contributed by atoms with Crippen molar-refractivity contribution in [2.75, 3.05) is 41.0 Å². The number of hydrogen-bond donors (Lipinski definition) is 0. The van der Waals surface area contributed by atoms with Crippen molar-refractivity contribution < 1.29 is 9.53 Å². The molecule has 0 saturated carbocycles. The maximum atomic E-state index is 12.7. The second kappa shape index (κ2) is 6.74. The van der Waals surface area contributed by atoms with Crippen molar-refractivity contribution in [1.82, 2.24) is 0 Å². The summed E-state index contributed by atoms with van der Waals surface area (Å²) in [5, 5.41) is 3.36. The lowest BCUT2D eigenvalue weighted by Crippen LogP contribution is -2.36. The number of thiophene rings is 1. The molecule has 3 heterocycles. The number of carbonyl (C=O) groups excluding carboxylic acids is 1. The van der Waals surface area contributed by atoms with E-state index >= 15 is 0 Å². The Balaban J connectivity index is 1.58. The molecule has 1 unspecified atom stereocenters. The van der Waals surface area contributed by atoms with Crippen LogP contribution < -0.4 is 14.7 Å². The highest BCUT2D eigenvalue weighted by atomic mass is 32.1. The average molecular weight is 374 g/mol. The Labute approximate surface area is 156 Å². The van der Waals surface area contributed by atoms with Crippen LogP contribution in [-0.4, -0.2) is 43.4 Å². The number of rotatable bonds is 3. The topological polar surface area (TPSA) is 36.0 Å². The monoisotopic (exact) mass is 373 g/mol. The van der Waals surface area contributed by atoms with E-state index in [0.29, 0.717) is 5.11 Å². The number of nitrogens with zero attached hydrogens (tertiary/aromatic N) is 3. The van der Waals surface area contributed by atoms with E-state index in [1.807, 2.05) is 41.5 Å². The fourth-order valence-electron chi connectivity index (χ4n) is 3.24. The Morgan fingerprint density at radius 1 is 1.12 bits per heavy atom. The van der Waals surface area contributed by atoms with E-state index in [1.54, 1.807) is 4.90 Å². The highest BCUT2D eigenvalue weighted by Gasteiger charge is 2.41. The van der Waals surface area contributed by atoms with Crippen molar-refractivity contribution in [3.05, 3.63) is 41.8 Å². The quantitative estimate of drug-likeness (QED) is 0.773. The third-order valence-corrected chi connectivity index (χ3v) is 5.83. The largest absolute Gasteiger partial charge is 0.378 e. The van der Waals surface area contributed by atoms with Crippen LogP contribution in [0.15, 0.2) is 41.8 Å². The van der Waals surface area contributed by atoms with Gasteiger partial charge in [0.15, 0.2) is 5.11 Å². The molecular weight excluding hydrogens is 354 g/mol. The first-order valence-corrected chi connectivity index (χ1v) is 9.59. The van der Waals surface area contributed by atoms with Crippen molar-refractivity contribution in [2.24, 2.45) is 0 Å². The van der Waals surface area contributed by atoms with Crippen LogP contribution in [0, 0.1) is 0 Å². The van der Waals surface area contributed by atoms with E-state index in [1.165, 1.54) is 17.0 Å². The van der Waals surface area contributed by atoms with Crippen LogP contribution in [-0.2, 0) is 9.53 Å². The van der Waals surface area contributed by atoms with Gasteiger partial charge in [-0.1, -0.05) is 0 Å².